The van der Waals surface area contributed by atoms with Crippen LogP contribution >= 0.6 is 0 Å². The molecule has 1 saturated carbocycles. The standard InChI is InChI=1S/C17H28N2O/c1-5-20-14-6-7-15(18)16(9-14)19-13-8-12(2)10-17(3,4)11-13/h6-7,9,12-13,19H,5,8,10-11,18H2,1-4H3/t12-,13+/m0/s1. The Bertz CT molecular complexity index is 456. The maximum atomic E-state index is 6.09. The van der Waals surface area contributed by atoms with Crippen LogP contribution in [0.4, 0.5) is 11.4 Å². The van der Waals surface area contributed by atoms with Crippen LogP contribution < -0.4 is 15.8 Å². The summed E-state index contributed by atoms with van der Waals surface area (Å²) in [5.41, 5.74) is 8.29. The van der Waals surface area contributed by atoms with Crippen LogP contribution in [0.1, 0.15) is 47.0 Å². The Kier molecular flexibility index (Phi) is 4.46. The van der Waals surface area contributed by atoms with Crippen molar-refractivity contribution >= 4 is 11.4 Å². The summed E-state index contributed by atoms with van der Waals surface area (Å²) in [5, 5.41) is 3.63. The zero-order valence-corrected chi connectivity index (χ0v) is 13.2. The zero-order chi connectivity index (χ0) is 14.8. The molecule has 2 rings (SSSR count). The molecule has 3 N–H and O–H groups in total. The van der Waals surface area contributed by atoms with E-state index in [1.807, 2.05) is 25.1 Å². The van der Waals surface area contributed by atoms with Gasteiger partial charge in [0.15, 0.2) is 0 Å². The molecule has 20 heavy (non-hydrogen) atoms. The fourth-order valence-electron chi connectivity index (χ4n) is 3.59. The lowest BCUT2D eigenvalue weighted by atomic mass is 9.70. The largest absolute Gasteiger partial charge is 0.494 e. The van der Waals surface area contributed by atoms with Gasteiger partial charge in [0.1, 0.15) is 5.75 Å². The summed E-state index contributed by atoms with van der Waals surface area (Å²) in [6.45, 7) is 9.73. The lowest BCUT2D eigenvalue weighted by Gasteiger charge is -2.39. The van der Waals surface area contributed by atoms with E-state index in [1.165, 1.54) is 19.3 Å². The summed E-state index contributed by atoms with van der Waals surface area (Å²) < 4.78 is 5.56. The summed E-state index contributed by atoms with van der Waals surface area (Å²) in [5.74, 6) is 1.64. The number of nitrogen functional groups attached to an aromatic ring is 1. The van der Waals surface area contributed by atoms with Gasteiger partial charge in [0.2, 0.25) is 0 Å². The van der Waals surface area contributed by atoms with Crippen LogP contribution in [0.5, 0.6) is 5.75 Å². The van der Waals surface area contributed by atoms with Crippen molar-refractivity contribution in [1.29, 1.82) is 0 Å². The molecule has 0 spiro atoms. The van der Waals surface area contributed by atoms with Crippen molar-refractivity contribution in [2.24, 2.45) is 11.3 Å². The fourth-order valence-corrected chi connectivity index (χ4v) is 3.59. The molecule has 1 fully saturated rings. The van der Waals surface area contributed by atoms with Gasteiger partial charge < -0.3 is 15.8 Å². The third kappa shape index (κ3) is 3.81. The molecule has 1 aliphatic rings. The monoisotopic (exact) mass is 276 g/mol. The number of nitrogens with two attached hydrogens (primary N) is 1. The molecule has 3 nitrogen and oxygen atoms in total. The molecule has 0 aromatic heterocycles. The summed E-state index contributed by atoms with van der Waals surface area (Å²) in [4.78, 5) is 0. The van der Waals surface area contributed by atoms with Gasteiger partial charge in [-0.25, -0.2) is 0 Å². The maximum Gasteiger partial charge on any atom is 0.121 e. The van der Waals surface area contributed by atoms with E-state index in [2.05, 4.69) is 26.1 Å². The second-order valence-electron chi connectivity index (χ2n) is 6.94. The first-order valence-corrected chi connectivity index (χ1v) is 7.68. The molecule has 0 unspecified atom stereocenters. The number of hydrogen-bond donors (Lipinski definition) is 2. The second-order valence-corrected chi connectivity index (χ2v) is 6.94. The van der Waals surface area contributed by atoms with Crippen LogP contribution in [0, 0.1) is 11.3 Å². The molecule has 112 valence electrons. The minimum atomic E-state index is 0.404. The normalized spacial score (nSPS) is 25.2. The topological polar surface area (TPSA) is 47.3 Å². The van der Waals surface area contributed by atoms with Gasteiger partial charge in [0.05, 0.1) is 18.0 Å². The average molecular weight is 276 g/mol. The van der Waals surface area contributed by atoms with Crippen molar-refractivity contribution in [2.75, 3.05) is 17.7 Å². The molecule has 1 aromatic carbocycles. The second kappa shape index (κ2) is 5.94. The molecule has 0 bridgehead atoms. The smallest absolute Gasteiger partial charge is 0.121 e. The van der Waals surface area contributed by atoms with Gasteiger partial charge in [-0.3, -0.25) is 0 Å². The van der Waals surface area contributed by atoms with E-state index in [0.717, 1.165) is 23.0 Å². The van der Waals surface area contributed by atoms with Crippen LogP contribution in [0.3, 0.4) is 0 Å². The molecule has 1 aromatic rings. The number of anilines is 2. The first-order chi connectivity index (χ1) is 9.39. The van der Waals surface area contributed by atoms with E-state index in [-0.39, 0.29) is 0 Å². The molecular formula is C17H28N2O. The minimum absolute atomic E-state index is 0.404. The van der Waals surface area contributed by atoms with Gasteiger partial charge in [-0.05, 0) is 49.7 Å². The van der Waals surface area contributed by atoms with Gasteiger partial charge >= 0.3 is 0 Å². The molecule has 0 saturated heterocycles. The van der Waals surface area contributed by atoms with Crippen molar-refractivity contribution < 1.29 is 4.74 Å². The Morgan fingerprint density at radius 1 is 1.35 bits per heavy atom. The molecule has 2 atom stereocenters. The summed E-state index contributed by atoms with van der Waals surface area (Å²) in [6.07, 6.45) is 3.71. The summed E-state index contributed by atoms with van der Waals surface area (Å²) >= 11 is 0. The number of ether oxygens (including phenoxy) is 1. The van der Waals surface area contributed by atoms with E-state index in [4.69, 9.17) is 10.5 Å². The Morgan fingerprint density at radius 2 is 2.10 bits per heavy atom. The van der Waals surface area contributed by atoms with E-state index in [9.17, 15) is 0 Å². The maximum absolute atomic E-state index is 6.09. The van der Waals surface area contributed by atoms with Gasteiger partial charge in [0.25, 0.3) is 0 Å². The highest BCUT2D eigenvalue weighted by atomic mass is 16.5. The lowest BCUT2D eigenvalue weighted by molar-refractivity contribution is 0.178. The Morgan fingerprint density at radius 3 is 2.75 bits per heavy atom. The first-order valence-electron chi connectivity index (χ1n) is 7.68. The SMILES string of the molecule is CCOc1ccc(N)c(N[C@@H]2C[C@H](C)CC(C)(C)C2)c1. The van der Waals surface area contributed by atoms with Gasteiger partial charge in [-0.15, -0.1) is 0 Å². The molecule has 0 amide bonds. The summed E-state index contributed by atoms with van der Waals surface area (Å²) in [6, 6.07) is 6.36. The van der Waals surface area contributed by atoms with Crippen molar-refractivity contribution in [3.63, 3.8) is 0 Å². The zero-order valence-electron chi connectivity index (χ0n) is 13.2. The quantitative estimate of drug-likeness (QED) is 0.806. The highest BCUT2D eigenvalue weighted by molar-refractivity contribution is 5.68. The van der Waals surface area contributed by atoms with Crippen molar-refractivity contribution in [1.82, 2.24) is 0 Å². The molecular weight excluding hydrogens is 248 g/mol. The molecule has 0 radical (unpaired) electrons. The highest BCUT2D eigenvalue weighted by Crippen LogP contribution is 2.40. The molecule has 1 aliphatic carbocycles. The Balaban J connectivity index is 2.10. The van der Waals surface area contributed by atoms with Crippen LogP contribution in [0.2, 0.25) is 0 Å². The number of rotatable bonds is 4. The van der Waals surface area contributed by atoms with Crippen molar-refractivity contribution in [3.8, 4) is 5.75 Å². The molecule has 0 heterocycles. The average Bonchev–Trinajstić information content (AvgIpc) is 2.31. The van der Waals surface area contributed by atoms with Gasteiger partial charge in [0, 0.05) is 12.1 Å². The minimum Gasteiger partial charge on any atom is -0.494 e. The van der Waals surface area contributed by atoms with E-state index < -0.39 is 0 Å². The fraction of sp³-hybridized carbons (Fsp3) is 0.647. The Labute approximate surface area is 122 Å². The highest BCUT2D eigenvalue weighted by Gasteiger charge is 2.32. The first kappa shape index (κ1) is 15.0. The summed E-state index contributed by atoms with van der Waals surface area (Å²) in [7, 11) is 0. The third-order valence-corrected chi connectivity index (χ3v) is 4.08. The number of nitrogens with one attached hydrogen (secondary N) is 1. The molecule has 0 aliphatic heterocycles. The molecule has 3 heteroatoms. The van der Waals surface area contributed by atoms with E-state index in [0.29, 0.717) is 18.1 Å². The predicted octanol–water partition coefficient (Wildman–Crippen LogP) is 4.29. The lowest BCUT2D eigenvalue weighted by Crippen LogP contribution is -2.35. The van der Waals surface area contributed by atoms with Crippen LogP contribution in [-0.2, 0) is 0 Å². The van der Waals surface area contributed by atoms with Gasteiger partial charge in [-0.1, -0.05) is 20.8 Å². The van der Waals surface area contributed by atoms with Crippen molar-refractivity contribution in [2.45, 2.75) is 53.0 Å². The third-order valence-electron chi connectivity index (χ3n) is 4.08. The van der Waals surface area contributed by atoms with Gasteiger partial charge in [-0.2, -0.15) is 0 Å². The predicted molar refractivity (Wildman–Crippen MR) is 86.2 cm³/mol. The van der Waals surface area contributed by atoms with E-state index in [1.54, 1.807) is 0 Å². The van der Waals surface area contributed by atoms with E-state index >= 15 is 0 Å². The van der Waals surface area contributed by atoms with Crippen LogP contribution in [0.15, 0.2) is 18.2 Å². The van der Waals surface area contributed by atoms with Crippen LogP contribution in [-0.4, -0.2) is 12.6 Å². The van der Waals surface area contributed by atoms with Crippen LogP contribution in [0.25, 0.3) is 0 Å². The van der Waals surface area contributed by atoms with Crippen molar-refractivity contribution in [3.05, 3.63) is 18.2 Å². The number of hydrogen-bond acceptors (Lipinski definition) is 3. The Hall–Kier alpha value is -1.38. The number of benzene rings is 1.